The number of amides is 1. The van der Waals surface area contributed by atoms with Gasteiger partial charge in [0.2, 0.25) is 0 Å². The molecule has 0 aliphatic carbocycles. The number of pyridine rings is 1. The van der Waals surface area contributed by atoms with Gasteiger partial charge in [-0.2, -0.15) is 0 Å². The fourth-order valence-corrected chi connectivity index (χ4v) is 3.84. The highest BCUT2D eigenvalue weighted by atomic mass is 35.5. The van der Waals surface area contributed by atoms with Crippen LogP contribution in [0, 0.1) is 0 Å². The van der Waals surface area contributed by atoms with E-state index in [1.165, 1.54) is 4.88 Å². The average molecular weight is 292 g/mol. The third kappa shape index (κ3) is 1.58. The van der Waals surface area contributed by atoms with E-state index in [0.29, 0.717) is 10.7 Å². The molecular formula is C13H10ClN3OS. The van der Waals surface area contributed by atoms with Crippen LogP contribution in [0.15, 0.2) is 23.7 Å². The van der Waals surface area contributed by atoms with Crippen molar-refractivity contribution >= 4 is 40.4 Å². The van der Waals surface area contributed by atoms with Crippen LogP contribution in [-0.2, 0) is 11.2 Å². The predicted octanol–water partition coefficient (Wildman–Crippen LogP) is 2.85. The number of halogens is 1. The van der Waals surface area contributed by atoms with E-state index in [1.54, 1.807) is 23.6 Å². The number of hydrogen-bond donors (Lipinski definition) is 1. The zero-order valence-electron chi connectivity index (χ0n) is 9.89. The van der Waals surface area contributed by atoms with E-state index in [2.05, 4.69) is 15.2 Å². The highest BCUT2D eigenvalue weighted by Crippen LogP contribution is 2.42. The summed E-state index contributed by atoms with van der Waals surface area (Å²) in [6.45, 7) is 0.813. The third-order valence-corrected chi connectivity index (χ3v) is 4.78. The van der Waals surface area contributed by atoms with Crippen LogP contribution in [0.2, 0.25) is 5.02 Å². The van der Waals surface area contributed by atoms with Crippen molar-refractivity contribution in [2.75, 3.05) is 16.8 Å². The van der Waals surface area contributed by atoms with E-state index < -0.39 is 0 Å². The molecule has 4 rings (SSSR count). The minimum atomic E-state index is -0.254. The van der Waals surface area contributed by atoms with E-state index in [4.69, 9.17) is 11.6 Å². The molecule has 1 N–H and O–H groups in total. The van der Waals surface area contributed by atoms with Crippen molar-refractivity contribution in [3.63, 3.8) is 0 Å². The molecule has 2 aliphatic heterocycles. The van der Waals surface area contributed by atoms with Crippen LogP contribution in [0.4, 0.5) is 11.5 Å². The molecule has 1 unspecified atom stereocenters. The van der Waals surface area contributed by atoms with Gasteiger partial charge in [-0.05, 0) is 29.5 Å². The molecule has 6 heteroatoms. The molecule has 0 saturated heterocycles. The van der Waals surface area contributed by atoms with Gasteiger partial charge in [0, 0.05) is 17.6 Å². The van der Waals surface area contributed by atoms with Crippen molar-refractivity contribution in [3.8, 4) is 0 Å². The van der Waals surface area contributed by atoms with Crippen LogP contribution >= 0.6 is 22.9 Å². The van der Waals surface area contributed by atoms with E-state index in [9.17, 15) is 4.79 Å². The summed E-state index contributed by atoms with van der Waals surface area (Å²) in [6, 6.07) is 3.54. The number of carbonyl (C=O) groups excluding carboxylic acids is 1. The number of thiophene rings is 1. The molecule has 0 spiro atoms. The van der Waals surface area contributed by atoms with Gasteiger partial charge in [0.1, 0.15) is 6.04 Å². The third-order valence-electron chi connectivity index (χ3n) is 3.58. The molecule has 0 saturated carbocycles. The lowest BCUT2D eigenvalue weighted by molar-refractivity contribution is -0.117. The summed E-state index contributed by atoms with van der Waals surface area (Å²) in [4.78, 5) is 20.1. The van der Waals surface area contributed by atoms with Crippen LogP contribution < -0.4 is 10.2 Å². The molecule has 1 atom stereocenters. The van der Waals surface area contributed by atoms with E-state index in [-0.39, 0.29) is 11.9 Å². The van der Waals surface area contributed by atoms with Gasteiger partial charge in [-0.25, -0.2) is 4.98 Å². The Morgan fingerprint density at radius 2 is 2.42 bits per heavy atom. The maximum Gasteiger partial charge on any atom is 0.251 e. The second-order valence-electron chi connectivity index (χ2n) is 4.66. The number of rotatable bonds is 0. The topological polar surface area (TPSA) is 45.2 Å². The highest BCUT2D eigenvalue weighted by molar-refractivity contribution is 7.10. The Balaban J connectivity index is 1.88. The molecule has 2 aromatic heterocycles. The van der Waals surface area contributed by atoms with E-state index in [1.807, 2.05) is 11.4 Å². The summed E-state index contributed by atoms with van der Waals surface area (Å²) in [5.41, 5.74) is 1.81. The second kappa shape index (κ2) is 3.95. The lowest BCUT2D eigenvalue weighted by Gasteiger charge is -2.39. The Labute approximate surface area is 119 Å². The van der Waals surface area contributed by atoms with Crippen molar-refractivity contribution < 1.29 is 4.79 Å². The first-order valence-electron chi connectivity index (χ1n) is 6.03. The average Bonchev–Trinajstić information content (AvgIpc) is 2.86. The van der Waals surface area contributed by atoms with Crippen molar-refractivity contribution in [3.05, 3.63) is 39.2 Å². The van der Waals surface area contributed by atoms with Gasteiger partial charge >= 0.3 is 0 Å². The molecule has 2 aliphatic rings. The number of anilines is 2. The Kier molecular flexibility index (Phi) is 2.34. The lowest BCUT2D eigenvalue weighted by atomic mass is 9.97. The number of carbonyl (C=O) groups is 1. The monoisotopic (exact) mass is 291 g/mol. The maximum atomic E-state index is 12.3. The number of aromatic nitrogens is 1. The number of nitrogens with one attached hydrogen (secondary N) is 1. The van der Waals surface area contributed by atoms with Crippen molar-refractivity contribution in [2.45, 2.75) is 12.5 Å². The predicted molar refractivity (Wildman–Crippen MR) is 76.0 cm³/mol. The summed E-state index contributed by atoms with van der Waals surface area (Å²) < 4.78 is 0. The molecule has 4 heterocycles. The van der Waals surface area contributed by atoms with Gasteiger partial charge in [0.05, 0.1) is 10.7 Å². The summed E-state index contributed by atoms with van der Waals surface area (Å²) >= 11 is 7.65. The summed E-state index contributed by atoms with van der Waals surface area (Å²) in [7, 11) is 0. The van der Waals surface area contributed by atoms with Crippen LogP contribution in [-0.4, -0.2) is 17.4 Å². The quantitative estimate of drug-likeness (QED) is 0.812. The van der Waals surface area contributed by atoms with Crippen LogP contribution in [0.5, 0.6) is 0 Å². The second-order valence-corrected chi connectivity index (χ2v) is 6.10. The van der Waals surface area contributed by atoms with Gasteiger partial charge in [-0.15, -0.1) is 11.3 Å². The van der Waals surface area contributed by atoms with Crippen LogP contribution in [0.3, 0.4) is 0 Å². The largest absolute Gasteiger partial charge is 0.339 e. The fraction of sp³-hybridized carbons (Fsp3) is 0.231. The van der Waals surface area contributed by atoms with Gasteiger partial charge in [-0.1, -0.05) is 11.6 Å². The minimum absolute atomic E-state index is 0.00378. The van der Waals surface area contributed by atoms with Gasteiger partial charge < -0.3 is 10.2 Å². The molecule has 0 radical (unpaired) electrons. The first-order valence-corrected chi connectivity index (χ1v) is 7.29. The Morgan fingerprint density at radius 3 is 3.32 bits per heavy atom. The van der Waals surface area contributed by atoms with E-state index in [0.717, 1.165) is 24.3 Å². The Bertz CT molecular complexity index is 684. The highest BCUT2D eigenvalue weighted by Gasteiger charge is 2.39. The normalized spacial score (nSPS) is 20.4. The van der Waals surface area contributed by atoms with Crippen LogP contribution in [0.25, 0.3) is 0 Å². The lowest BCUT2D eigenvalue weighted by Crippen LogP contribution is -2.45. The fourth-order valence-electron chi connectivity index (χ4n) is 2.78. The molecule has 0 fully saturated rings. The van der Waals surface area contributed by atoms with Crippen molar-refractivity contribution in [1.82, 2.24) is 4.98 Å². The van der Waals surface area contributed by atoms with Gasteiger partial charge in [0.15, 0.2) is 5.82 Å². The standard InChI is InChI=1S/C13H10ClN3OS/c14-7-5-9-12(15-6-7)17-3-1-10-8(2-4-19-10)11(17)13(18)16-9/h2,4-6,11H,1,3H2,(H,16,18). The SMILES string of the molecule is O=C1Nc2cc(Cl)cnc2N2CCc3sccc3C12. The zero-order valence-corrected chi connectivity index (χ0v) is 11.5. The van der Waals surface area contributed by atoms with E-state index >= 15 is 0 Å². The van der Waals surface area contributed by atoms with Crippen LogP contribution in [0.1, 0.15) is 16.5 Å². The molecule has 19 heavy (non-hydrogen) atoms. The summed E-state index contributed by atoms with van der Waals surface area (Å²) in [5, 5.41) is 5.49. The summed E-state index contributed by atoms with van der Waals surface area (Å²) in [5.74, 6) is 0.807. The molecule has 0 bridgehead atoms. The molecule has 1 amide bonds. The Morgan fingerprint density at radius 1 is 1.53 bits per heavy atom. The zero-order chi connectivity index (χ0) is 13.0. The summed E-state index contributed by atoms with van der Waals surface area (Å²) in [6.07, 6.45) is 2.58. The first kappa shape index (κ1) is 11.3. The molecular weight excluding hydrogens is 282 g/mol. The van der Waals surface area contributed by atoms with Crippen molar-refractivity contribution in [2.24, 2.45) is 0 Å². The molecule has 96 valence electrons. The number of nitrogens with zero attached hydrogens (tertiary/aromatic N) is 2. The number of fused-ring (bicyclic) bond motifs is 5. The van der Waals surface area contributed by atoms with Crippen molar-refractivity contribution in [1.29, 1.82) is 0 Å². The molecule has 4 nitrogen and oxygen atoms in total. The van der Waals surface area contributed by atoms with Gasteiger partial charge in [0.25, 0.3) is 5.91 Å². The maximum absolute atomic E-state index is 12.3. The number of hydrogen-bond acceptors (Lipinski definition) is 4. The smallest absolute Gasteiger partial charge is 0.251 e. The minimum Gasteiger partial charge on any atom is -0.339 e. The van der Waals surface area contributed by atoms with Gasteiger partial charge in [-0.3, -0.25) is 4.79 Å². The molecule has 2 aromatic rings. The molecule has 0 aromatic carbocycles. The first-order chi connectivity index (χ1) is 9.24. The Hall–Kier alpha value is -1.59.